The Kier molecular flexibility index (Phi) is 7.27. The molecule has 0 saturated carbocycles. The van der Waals surface area contributed by atoms with Gasteiger partial charge in [-0.25, -0.2) is 0 Å². The third-order valence-corrected chi connectivity index (χ3v) is 9.61. The van der Waals surface area contributed by atoms with Crippen LogP contribution in [0.2, 0.25) is 0 Å². The third kappa shape index (κ3) is 5.23. The zero-order valence-corrected chi connectivity index (χ0v) is 27.1. The number of rotatable bonds is 4. The topological polar surface area (TPSA) is 0 Å². The molecule has 0 fully saturated rings. The summed E-state index contributed by atoms with van der Waals surface area (Å²) < 4.78 is 0. The third-order valence-electron chi connectivity index (χ3n) is 9.61. The van der Waals surface area contributed by atoms with Crippen molar-refractivity contribution in [3.05, 3.63) is 179 Å². The first kappa shape index (κ1) is 28.7. The van der Waals surface area contributed by atoms with Gasteiger partial charge in [0.2, 0.25) is 0 Å². The molecule has 0 N–H and O–H groups in total. The second-order valence-corrected chi connectivity index (χ2v) is 12.6. The summed E-state index contributed by atoms with van der Waals surface area (Å²) in [5.41, 5.74) is 8.78. The molecule has 0 nitrogen and oxygen atoms in total. The van der Waals surface area contributed by atoms with E-state index in [9.17, 15) is 0 Å². The van der Waals surface area contributed by atoms with Crippen LogP contribution in [-0.4, -0.2) is 0 Å². The molecule has 0 atom stereocenters. The van der Waals surface area contributed by atoms with Gasteiger partial charge < -0.3 is 0 Å². The van der Waals surface area contributed by atoms with E-state index in [0.717, 1.165) is 0 Å². The van der Waals surface area contributed by atoms with E-state index in [1.54, 1.807) is 0 Å². The zero-order chi connectivity index (χ0) is 31.9. The van der Waals surface area contributed by atoms with Crippen LogP contribution in [0.5, 0.6) is 0 Å². The van der Waals surface area contributed by atoms with Crippen LogP contribution in [0.15, 0.2) is 158 Å². The average Bonchev–Trinajstić information content (AvgIpc) is 3.11. The monoisotopic (exact) mass is 600 g/mol. The lowest BCUT2D eigenvalue weighted by Gasteiger charge is -2.11. The smallest absolute Gasteiger partial charge is 0.00759 e. The molecule has 0 saturated heterocycles. The molecule has 0 aliphatic heterocycles. The SMILES string of the molecule is C\C=C/C(C)=c1/c(-c2ccccc2C)ccc/c1=C\c1ccc2ccc3c4cc(-c5ccc6ccccc6c5)ccc4ccc3c2c1. The summed E-state index contributed by atoms with van der Waals surface area (Å²) in [5, 5.41) is 12.7. The molecule has 0 radical (unpaired) electrons. The summed E-state index contributed by atoms with van der Waals surface area (Å²) in [6.45, 7) is 6.51. The lowest BCUT2D eigenvalue weighted by atomic mass is 9.93. The molecule has 224 valence electrons. The van der Waals surface area contributed by atoms with Gasteiger partial charge in [0.15, 0.2) is 0 Å². The van der Waals surface area contributed by atoms with Gasteiger partial charge in [0.1, 0.15) is 0 Å². The van der Waals surface area contributed by atoms with Gasteiger partial charge in [-0.3, -0.25) is 0 Å². The summed E-state index contributed by atoms with van der Waals surface area (Å²) in [6, 6.07) is 53.6. The second kappa shape index (κ2) is 11.9. The van der Waals surface area contributed by atoms with Crippen molar-refractivity contribution in [2.45, 2.75) is 20.8 Å². The van der Waals surface area contributed by atoms with E-state index in [2.05, 4.69) is 185 Å². The molecule has 0 bridgehead atoms. The van der Waals surface area contributed by atoms with Crippen LogP contribution in [0.25, 0.3) is 77.0 Å². The van der Waals surface area contributed by atoms with Crippen molar-refractivity contribution in [2.75, 3.05) is 0 Å². The Morgan fingerprint density at radius 1 is 0.489 bits per heavy atom. The van der Waals surface area contributed by atoms with Crippen molar-refractivity contribution in [1.82, 2.24) is 0 Å². The molecule has 0 amide bonds. The fraction of sp³-hybridized carbons (Fsp3) is 0.0638. The van der Waals surface area contributed by atoms with E-state index < -0.39 is 0 Å². The second-order valence-electron chi connectivity index (χ2n) is 12.6. The summed E-state index contributed by atoms with van der Waals surface area (Å²) in [5.74, 6) is 0. The number of hydrogen-bond acceptors (Lipinski definition) is 0. The molecule has 8 rings (SSSR count). The first-order valence-electron chi connectivity index (χ1n) is 16.5. The van der Waals surface area contributed by atoms with Crippen LogP contribution in [-0.2, 0) is 0 Å². The summed E-state index contributed by atoms with van der Waals surface area (Å²) in [4.78, 5) is 0. The van der Waals surface area contributed by atoms with Gasteiger partial charge in [0, 0.05) is 0 Å². The molecule has 0 heteroatoms. The van der Waals surface area contributed by atoms with Crippen molar-refractivity contribution < 1.29 is 0 Å². The predicted molar refractivity (Wildman–Crippen MR) is 205 cm³/mol. The Morgan fingerprint density at radius 3 is 1.87 bits per heavy atom. The Balaban J connectivity index is 1.31. The van der Waals surface area contributed by atoms with Crippen LogP contribution < -0.4 is 10.4 Å². The lowest BCUT2D eigenvalue weighted by molar-refractivity contribution is 1.41. The van der Waals surface area contributed by atoms with Gasteiger partial charge in [-0.15, -0.1) is 0 Å². The maximum Gasteiger partial charge on any atom is -0.00759 e. The van der Waals surface area contributed by atoms with Crippen LogP contribution in [0.3, 0.4) is 0 Å². The molecular weight excluding hydrogens is 565 g/mol. The molecule has 0 aliphatic carbocycles. The van der Waals surface area contributed by atoms with Gasteiger partial charge in [-0.2, -0.15) is 0 Å². The Bertz CT molecular complexity index is 2650. The maximum absolute atomic E-state index is 2.37. The largest absolute Gasteiger partial charge is 0.0874 e. The van der Waals surface area contributed by atoms with Gasteiger partial charge in [0.25, 0.3) is 0 Å². The van der Waals surface area contributed by atoms with Crippen LogP contribution in [0.1, 0.15) is 25.0 Å². The minimum atomic E-state index is 1.20. The number of benzene rings is 8. The summed E-state index contributed by atoms with van der Waals surface area (Å²) in [7, 11) is 0. The van der Waals surface area contributed by atoms with E-state index in [0.29, 0.717) is 0 Å². The molecule has 0 spiro atoms. The molecule has 0 unspecified atom stereocenters. The molecule has 8 aromatic carbocycles. The van der Waals surface area contributed by atoms with Crippen LogP contribution in [0, 0.1) is 6.92 Å². The van der Waals surface area contributed by atoms with Crippen molar-refractivity contribution in [2.24, 2.45) is 0 Å². The van der Waals surface area contributed by atoms with E-state index in [1.807, 2.05) is 0 Å². The fourth-order valence-corrected chi connectivity index (χ4v) is 7.26. The standard InChI is InChI=1S/C47H36/c1-4-10-32(3)47-40(14-9-16-44(47)41-15-8-5-11-31(41)2)27-33-17-18-35-23-26-43-42(45(35)28-33)25-24-36-20-22-39(30-46(36)43)38-21-19-34-12-6-7-13-37(34)29-38/h4-30H,1-3H3/b10-4-,40-27+,47-32+. The van der Waals surface area contributed by atoms with Gasteiger partial charge in [0.05, 0.1) is 0 Å². The van der Waals surface area contributed by atoms with Gasteiger partial charge >= 0.3 is 0 Å². The van der Waals surface area contributed by atoms with Crippen LogP contribution >= 0.6 is 0 Å². The number of fused-ring (bicyclic) bond motifs is 6. The summed E-state index contributed by atoms with van der Waals surface area (Å²) >= 11 is 0. The Morgan fingerprint density at radius 2 is 1.11 bits per heavy atom. The van der Waals surface area contributed by atoms with Crippen molar-refractivity contribution in [1.29, 1.82) is 0 Å². The molecule has 8 aromatic rings. The average molecular weight is 601 g/mol. The highest BCUT2D eigenvalue weighted by Crippen LogP contribution is 2.35. The van der Waals surface area contributed by atoms with E-state index >= 15 is 0 Å². The van der Waals surface area contributed by atoms with Crippen molar-refractivity contribution in [3.8, 4) is 22.3 Å². The molecule has 0 aromatic heterocycles. The minimum absolute atomic E-state index is 1.20. The first-order chi connectivity index (χ1) is 23.1. The predicted octanol–water partition coefficient (Wildman–Crippen LogP) is 11.5. The van der Waals surface area contributed by atoms with E-state index in [1.165, 1.54) is 92.5 Å². The van der Waals surface area contributed by atoms with Gasteiger partial charge in [-0.1, -0.05) is 140 Å². The normalized spacial score (nSPS) is 13.0. The zero-order valence-electron chi connectivity index (χ0n) is 27.1. The highest BCUT2D eigenvalue weighted by Gasteiger charge is 2.09. The highest BCUT2D eigenvalue weighted by atomic mass is 14.1. The van der Waals surface area contributed by atoms with E-state index in [4.69, 9.17) is 0 Å². The van der Waals surface area contributed by atoms with Gasteiger partial charge in [-0.05, 0) is 138 Å². The Hall–Kier alpha value is -5.72. The summed E-state index contributed by atoms with van der Waals surface area (Å²) in [6.07, 6.45) is 6.70. The molecule has 0 heterocycles. The number of allylic oxidation sites excluding steroid dienone is 2. The quantitative estimate of drug-likeness (QED) is 0.176. The molecule has 0 aliphatic rings. The fourth-order valence-electron chi connectivity index (χ4n) is 7.26. The lowest BCUT2D eigenvalue weighted by Crippen LogP contribution is -2.28. The highest BCUT2D eigenvalue weighted by molar-refractivity contribution is 6.18. The Labute approximate surface area is 276 Å². The van der Waals surface area contributed by atoms with Crippen molar-refractivity contribution >= 4 is 54.7 Å². The molecular formula is C47H36. The van der Waals surface area contributed by atoms with Crippen molar-refractivity contribution in [3.63, 3.8) is 0 Å². The number of aryl methyl sites for hydroxylation is 1. The van der Waals surface area contributed by atoms with Crippen LogP contribution in [0.4, 0.5) is 0 Å². The number of hydrogen-bond donors (Lipinski definition) is 0. The van der Waals surface area contributed by atoms with E-state index in [-0.39, 0.29) is 0 Å². The maximum atomic E-state index is 2.37. The first-order valence-corrected chi connectivity index (χ1v) is 16.5. The minimum Gasteiger partial charge on any atom is -0.0874 e. The molecule has 47 heavy (non-hydrogen) atoms.